The molecule has 5 aliphatic carbocycles. The van der Waals surface area contributed by atoms with E-state index in [-0.39, 0.29) is 5.41 Å². The second-order valence-electron chi connectivity index (χ2n) is 17.4. The Bertz CT molecular complexity index is 2770. The lowest BCUT2D eigenvalue weighted by atomic mass is 9.43. The van der Waals surface area contributed by atoms with Gasteiger partial charge in [-0.2, -0.15) is 0 Å². The Kier molecular flexibility index (Phi) is 7.49. The third-order valence-corrected chi connectivity index (χ3v) is 14.5. The first-order valence-electron chi connectivity index (χ1n) is 21.1. The first-order chi connectivity index (χ1) is 28.2. The summed E-state index contributed by atoms with van der Waals surface area (Å²) >= 11 is 0. The van der Waals surface area contributed by atoms with Gasteiger partial charge in [0.05, 0.1) is 5.69 Å². The summed E-state index contributed by atoms with van der Waals surface area (Å²) in [6, 6.07) is 70.3. The Labute approximate surface area is 336 Å². The summed E-state index contributed by atoms with van der Waals surface area (Å²) in [5.74, 6) is 3.41. The Morgan fingerprint density at radius 3 is 1.58 bits per heavy atom. The highest BCUT2D eigenvalue weighted by molar-refractivity contribution is 5.91. The predicted molar refractivity (Wildman–Crippen MR) is 238 cm³/mol. The first-order valence-corrected chi connectivity index (χ1v) is 21.1. The van der Waals surface area contributed by atoms with E-state index in [0.717, 1.165) is 40.7 Å². The number of hydrogen-bond donors (Lipinski definition) is 0. The van der Waals surface area contributed by atoms with Gasteiger partial charge in [-0.1, -0.05) is 146 Å². The molecule has 1 heteroatoms. The Balaban J connectivity index is 0.946. The highest BCUT2D eigenvalue weighted by Crippen LogP contribution is 2.69. The lowest BCUT2D eigenvalue weighted by Gasteiger charge is -2.61. The van der Waals surface area contributed by atoms with Crippen LogP contribution in [0.3, 0.4) is 0 Å². The van der Waals surface area contributed by atoms with E-state index >= 15 is 0 Å². The number of nitrogens with zero attached hydrogens (tertiary/aromatic N) is 1. The normalized spacial score (nSPS) is 22.5. The van der Waals surface area contributed by atoms with Gasteiger partial charge in [-0.3, -0.25) is 0 Å². The van der Waals surface area contributed by atoms with Crippen molar-refractivity contribution in [3.63, 3.8) is 0 Å². The lowest BCUT2D eigenvalue weighted by Crippen LogP contribution is -2.55. The lowest BCUT2D eigenvalue weighted by molar-refractivity contribution is -0.0399. The van der Waals surface area contributed by atoms with Crippen LogP contribution in [0.1, 0.15) is 43.2 Å². The van der Waals surface area contributed by atoms with Gasteiger partial charge in [0, 0.05) is 22.4 Å². The van der Waals surface area contributed by atoms with Crippen LogP contribution in [0.2, 0.25) is 0 Å². The molecule has 0 unspecified atom stereocenters. The van der Waals surface area contributed by atoms with E-state index in [1.54, 1.807) is 11.1 Å². The molecule has 1 nitrogen and oxygen atoms in total. The number of anilines is 3. The molecule has 4 saturated carbocycles. The maximum Gasteiger partial charge on any atom is 0.0540 e. The van der Waals surface area contributed by atoms with Gasteiger partial charge in [0.2, 0.25) is 0 Å². The molecule has 0 heterocycles. The average Bonchev–Trinajstić information content (AvgIpc) is 3.56. The summed E-state index contributed by atoms with van der Waals surface area (Å²) in [6.45, 7) is 0. The van der Waals surface area contributed by atoms with Crippen LogP contribution in [0.4, 0.5) is 17.1 Å². The molecule has 4 fully saturated rings. The van der Waals surface area contributed by atoms with Gasteiger partial charge in [0.25, 0.3) is 0 Å². The summed E-state index contributed by atoms with van der Waals surface area (Å²) in [4.78, 5) is 2.43. The molecule has 8 aromatic rings. The second-order valence-corrected chi connectivity index (χ2v) is 17.4. The summed E-state index contributed by atoms with van der Waals surface area (Å²) in [7, 11) is 0. The Morgan fingerprint density at radius 1 is 0.351 bits per heavy atom. The van der Waals surface area contributed by atoms with Crippen molar-refractivity contribution in [3.05, 3.63) is 199 Å². The fourth-order valence-electron chi connectivity index (χ4n) is 12.3. The number of hydrogen-bond acceptors (Lipinski definition) is 1. The third kappa shape index (κ3) is 5.14. The van der Waals surface area contributed by atoms with Crippen molar-refractivity contribution in [2.45, 2.75) is 37.5 Å². The number of rotatable bonds is 6. The van der Waals surface area contributed by atoms with Crippen LogP contribution in [0, 0.1) is 23.7 Å². The SMILES string of the molecule is c1ccc(-c2ccccc2N(c2ccc(-c3ccc4c(c3)C3(c5ccccc5-4)C4CC5CC(C4)CC3C5)cc2)c2ccc(-c3ccc4ccccc4c3)cc2)cc1. The van der Waals surface area contributed by atoms with Gasteiger partial charge in [-0.25, -0.2) is 0 Å². The molecule has 0 aliphatic heterocycles. The van der Waals surface area contributed by atoms with E-state index in [0.29, 0.717) is 0 Å². The molecule has 13 rings (SSSR count). The second kappa shape index (κ2) is 12.9. The van der Waals surface area contributed by atoms with Crippen molar-refractivity contribution in [2.75, 3.05) is 4.90 Å². The minimum absolute atomic E-state index is 0.173. The fraction of sp³-hybridized carbons (Fsp3) is 0.179. The number of benzene rings is 8. The summed E-state index contributed by atoms with van der Waals surface area (Å²) < 4.78 is 0. The molecule has 8 aromatic carbocycles. The van der Waals surface area contributed by atoms with Gasteiger partial charge >= 0.3 is 0 Å². The van der Waals surface area contributed by atoms with Crippen LogP contribution >= 0.6 is 0 Å². The van der Waals surface area contributed by atoms with Crippen LogP contribution in [-0.4, -0.2) is 0 Å². The van der Waals surface area contributed by atoms with Gasteiger partial charge < -0.3 is 4.90 Å². The van der Waals surface area contributed by atoms with Crippen LogP contribution < -0.4 is 4.90 Å². The van der Waals surface area contributed by atoms with E-state index in [2.05, 4.69) is 193 Å². The van der Waals surface area contributed by atoms with Gasteiger partial charge in [0.15, 0.2) is 0 Å². The van der Waals surface area contributed by atoms with Gasteiger partial charge in [-0.15, -0.1) is 0 Å². The third-order valence-electron chi connectivity index (χ3n) is 14.5. The molecule has 0 atom stereocenters. The Hall–Kier alpha value is -6.18. The van der Waals surface area contributed by atoms with Crippen molar-refractivity contribution < 1.29 is 0 Å². The van der Waals surface area contributed by atoms with Crippen LogP contribution in [0.25, 0.3) is 55.3 Å². The molecule has 57 heavy (non-hydrogen) atoms. The predicted octanol–water partition coefficient (Wildman–Crippen LogP) is 15.0. The summed E-state index contributed by atoms with van der Waals surface area (Å²) in [6.07, 6.45) is 7.10. The van der Waals surface area contributed by atoms with E-state index in [9.17, 15) is 0 Å². The molecular formula is C56H45N. The Morgan fingerprint density at radius 2 is 0.877 bits per heavy atom. The molecule has 4 bridgehead atoms. The molecular weight excluding hydrogens is 687 g/mol. The number of para-hydroxylation sites is 1. The quantitative estimate of drug-likeness (QED) is 0.165. The van der Waals surface area contributed by atoms with E-state index in [1.807, 2.05) is 0 Å². The van der Waals surface area contributed by atoms with Crippen molar-refractivity contribution in [1.29, 1.82) is 0 Å². The molecule has 0 saturated heterocycles. The van der Waals surface area contributed by atoms with E-state index in [1.165, 1.54) is 87.4 Å². The zero-order valence-corrected chi connectivity index (χ0v) is 32.2. The molecule has 5 aliphatic rings. The van der Waals surface area contributed by atoms with Crippen molar-refractivity contribution in [2.24, 2.45) is 23.7 Å². The molecule has 274 valence electrons. The highest BCUT2D eigenvalue weighted by Gasteiger charge is 2.61. The van der Waals surface area contributed by atoms with Gasteiger partial charge in [0.1, 0.15) is 0 Å². The minimum atomic E-state index is 0.173. The smallest absolute Gasteiger partial charge is 0.0540 e. The minimum Gasteiger partial charge on any atom is -0.310 e. The van der Waals surface area contributed by atoms with E-state index < -0.39 is 0 Å². The van der Waals surface area contributed by atoms with Gasteiger partial charge in [-0.05, 0) is 159 Å². The summed E-state index contributed by atoms with van der Waals surface area (Å²) in [5.41, 5.74) is 17.3. The number of fused-ring (bicyclic) bond motifs is 4. The first kappa shape index (κ1) is 33.0. The maximum absolute atomic E-state index is 2.61. The maximum atomic E-state index is 2.61. The highest BCUT2D eigenvalue weighted by atomic mass is 15.1. The fourth-order valence-corrected chi connectivity index (χ4v) is 12.3. The molecule has 0 aromatic heterocycles. The molecule has 0 amide bonds. The zero-order valence-electron chi connectivity index (χ0n) is 32.2. The van der Waals surface area contributed by atoms with Crippen LogP contribution in [0.15, 0.2) is 188 Å². The van der Waals surface area contributed by atoms with Crippen LogP contribution in [-0.2, 0) is 5.41 Å². The van der Waals surface area contributed by atoms with Crippen LogP contribution in [0.5, 0.6) is 0 Å². The van der Waals surface area contributed by atoms with Crippen molar-refractivity contribution in [1.82, 2.24) is 0 Å². The molecule has 0 radical (unpaired) electrons. The molecule has 1 spiro atoms. The standard InChI is InChI=1S/C56H45N/c1-2-11-42(12-3-1)50-14-7-9-17-55(50)57(48-25-20-40(21-26-48)44-19-18-39-10-4-5-13-43(39)35-44)49-27-22-41(23-28-49)45-24-29-52-51-15-6-8-16-53(51)56(54(52)36-45)46-31-37-30-38(33-46)34-47(56)32-37/h1-29,35-38,46-47H,30-34H2. The van der Waals surface area contributed by atoms with Crippen molar-refractivity contribution >= 4 is 27.8 Å². The van der Waals surface area contributed by atoms with Crippen molar-refractivity contribution in [3.8, 4) is 44.5 Å². The van der Waals surface area contributed by atoms with E-state index in [4.69, 9.17) is 0 Å². The summed E-state index contributed by atoms with van der Waals surface area (Å²) in [5, 5.41) is 2.53. The molecule has 0 N–H and O–H groups in total. The zero-order chi connectivity index (χ0) is 37.5. The monoisotopic (exact) mass is 731 g/mol. The average molecular weight is 732 g/mol. The topological polar surface area (TPSA) is 3.24 Å². The largest absolute Gasteiger partial charge is 0.310 e.